The molecule has 5 nitrogen and oxygen atoms in total. The van der Waals surface area contributed by atoms with Crippen molar-refractivity contribution in [1.29, 1.82) is 0 Å². The van der Waals surface area contributed by atoms with E-state index in [0.717, 1.165) is 16.7 Å². The number of nitrogens with one attached hydrogen (secondary N) is 2. The molecule has 0 radical (unpaired) electrons. The minimum Gasteiger partial charge on any atom is -0.348 e. The average Bonchev–Trinajstić information content (AvgIpc) is 3.02. The van der Waals surface area contributed by atoms with Crippen LogP contribution in [0.1, 0.15) is 49.4 Å². The summed E-state index contributed by atoms with van der Waals surface area (Å²) in [4.78, 5) is 13.1. The molecule has 1 aliphatic carbocycles. The van der Waals surface area contributed by atoms with Crippen molar-refractivity contribution in [2.75, 3.05) is 0 Å². The first-order valence-corrected chi connectivity index (χ1v) is 11.3. The third-order valence-corrected chi connectivity index (χ3v) is 6.64. The van der Waals surface area contributed by atoms with E-state index in [1.165, 1.54) is 24.3 Å². The van der Waals surface area contributed by atoms with Crippen LogP contribution in [0.2, 0.25) is 0 Å². The lowest BCUT2D eigenvalue weighted by Crippen LogP contribution is -2.48. The van der Waals surface area contributed by atoms with Crippen molar-refractivity contribution in [2.24, 2.45) is 5.92 Å². The van der Waals surface area contributed by atoms with Gasteiger partial charge in [0, 0.05) is 0 Å². The molecule has 2 unspecified atom stereocenters. The predicted octanol–water partition coefficient (Wildman–Crippen LogP) is 3.63. The maximum Gasteiger partial charge on any atom is 0.241 e. The number of amides is 1. The van der Waals surface area contributed by atoms with Gasteiger partial charge in [0.15, 0.2) is 0 Å². The van der Waals surface area contributed by atoms with Crippen LogP contribution in [0.4, 0.5) is 4.39 Å². The van der Waals surface area contributed by atoms with Gasteiger partial charge in [0.05, 0.1) is 10.9 Å². The Bertz CT molecular complexity index is 988. The molecule has 156 valence electrons. The van der Waals surface area contributed by atoms with Crippen molar-refractivity contribution in [3.8, 4) is 0 Å². The molecule has 0 aromatic heterocycles. The van der Waals surface area contributed by atoms with Crippen molar-refractivity contribution >= 4 is 15.9 Å². The van der Waals surface area contributed by atoms with Gasteiger partial charge in [0.1, 0.15) is 11.9 Å². The topological polar surface area (TPSA) is 75.3 Å². The van der Waals surface area contributed by atoms with E-state index in [1.807, 2.05) is 20.8 Å². The summed E-state index contributed by atoms with van der Waals surface area (Å²) < 4.78 is 41.6. The van der Waals surface area contributed by atoms with E-state index in [-0.39, 0.29) is 28.6 Å². The van der Waals surface area contributed by atoms with Gasteiger partial charge in [0.25, 0.3) is 0 Å². The number of halogens is 1. The second-order valence-electron chi connectivity index (χ2n) is 8.06. The lowest BCUT2D eigenvalue weighted by Gasteiger charge is -2.23. The Kier molecular flexibility index (Phi) is 6.39. The average molecular weight is 419 g/mol. The molecule has 1 amide bonds. The maximum atomic E-state index is 13.4. The van der Waals surface area contributed by atoms with E-state index < -0.39 is 16.1 Å². The highest BCUT2D eigenvalue weighted by Crippen LogP contribution is 2.31. The number of benzene rings is 2. The minimum atomic E-state index is -3.83. The van der Waals surface area contributed by atoms with Crippen molar-refractivity contribution in [1.82, 2.24) is 10.0 Å². The molecular weight excluding hydrogens is 391 g/mol. The molecule has 0 fully saturated rings. The zero-order valence-corrected chi connectivity index (χ0v) is 17.7. The molecule has 0 saturated carbocycles. The summed E-state index contributed by atoms with van der Waals surface area (Å²) in [6.45, 7) is 5.76. The van der Waals surface area contributed by atoms with Gasteiger partial charge < -0.3 is 5.32 Å². The first-order valence-electron chi connectivity index (χ1n) is 9.83. The Morgan fingerprint density at radius 3 is 2.52 bits per heavy atom. The zero-order valence-electron chi connectivity index (χ0n) is 16.9. The molecule has 0 spiro atoms. The van der Waals surface area contributed by atoms with Crippen LogP contribution < -0.4 is 10.0 Å². The van der Waals surface area contributed by atoms with E-state index in [2.05, 4.69) is 10.0 Å². The largest absolute Gasteiger partial charge is 0.348 e. The molecule has 2 aromatic rings. The highest BCUT2D eigenvalue weighted by molar-refractivity contribution is 7.89. The first-order chi connectivity index (χ1) is 13.7. The normalized spacial score (nSPS) is 17.2. The summed E-state index contributed by atoms with van der Waals surface area (Å²) in [5, 5.41) is 2.95. The number of aryl methyl sites for hydroxylation is 2. The van der Waals surface area contributed by atoms with Gasteiger partial charge in [-0.25, -0.2) is 12.8 Å². The van der Waals surface area contributed by atoms with E-state index >= 15 is 0 Å². The highest BCUT2D eigenvalue weighted by atomic mass is 32.2. The van der Waals surface area contributed by atoms with Crippen LogP contribution in [0.5, 0.6) is 0 Å². The molecule has 0 saturated heterocycles. The zero-order chi connectivity index (χ0) is 21.2. The second kappa shape index (κ2) is 8.63. The predicted molar refractivity (Wildman–Crippen MR) is 110 cm³/mol. The molecule has 2 N–H and O–H groups in total. The van der Waals surface area contributed by atoms with E-state index in [9.17, 15) is 17.6 Å². The molecule has 0 heterocycles. The van der Waals surface area contributed by atoms with Gasteiger partial charge in [-0.2, -0.15) is 4.72 Å². The van der Waals surface area contributed by atoms with E-state index in [4.69, 9.17) is 0 Å². The van der Waals surface area contributed by atoms with Crippen LogP contribution in [0, 0.1) is 18.7 Å². The van der Waals surface area contributed by atoms with Crippen LogP contribution in [0.25, 0.3) is 0 Å². The number of hydrogen-bond acceptors (Lipinski definition) is 3. The summed E-state index contributed by atoms with van der Waals surface area (Å²) in [5.74, 6) is -0.535. The quantitative estimate of drug-likeness (QED) is 0.721. The third kappa shape index (κ3) is 5.22. The van der Waals surface area contributed by atoms with Gasteiger partial charge in [-0.05, 0) is 67.5 Å². The molecule has 29 heavy (non-hydrogen) atoms. The molecule has 7 heteroatoms. The molecular formula is C22H27FN2O3S. The van der Waals surface area contributed by atoms with Gasteiger partial charge in [-0.15, -0.1) is 0 Å². The van der Waals surface area contributed by atoms with E-state index in [1.54, 1.807) is 18.2 Å². The Hall–Kier alpha value is -2.25. The van der Waals surface area contributed by atoms with Gasteiger partial charge in [0.2, 0.25) is 15.9 Å². The van der Waals surface area contributed by atoms with Crippen LogP contribution in [-0.2, 0) is 21.2 Å². The molecule has 0 bridgehead atoms. The van der Waals surface area contributed by atoms with E-state index in [0.29, 0.717) is 19.3 Å². The summed E-state index contributed by atoms with van der Waals surface area (Å²) >= 11 is 0. The Morgan fingerprint density at radius 2 is 1.86 bits per heavy atom. The molecule has 2 aromatic carbocycles. The molecule has 2 atom stereocenters. The summed E-state index contributed by atoms with van der Waals surface area (Å²) in [6.07, 6.45) is 1.73. The fraction of sp³-hybridized carbons (Fsp3) is 0.409. The fourth-order valence-corrected chi connectivity index (χ4v) is 4.87. The lowest BCUT2D eigenvalue weighted by molar-refractivity contribution is -0.123. The van der Waals surface area contributed by atoms with Gasteiger partial charge in [-0.1, -0.05) is 37.6 Å². The van der Waals surface area contributed by atoms with Crippen LogP contribution in [-0.4, -0.2) is 20.4 Å². The number of carbonyl (C=O) groups is 1. The second-order valence-corrected chi connectivity index (χ2v) is 9.77. The molecule has 1 aliphatic rings. The number of rotatable bonds is 7. The number of fused-ring (bicyclic) bond motifs is 1. The van der Waals surface area contributed by atoms with Crippen molar-refractivity contribution in [3.63, 3.8) is 0 Å². The smallest absolute Gasteiger partial charge is 0.241 e. The summed E-state index contributed by atoms with van der Waals surface area (Å²) in [7, 11) is -3.83. The highest BCUT2D eigenvalue weighted by Gasteiger charge is 2.30. The van der Waals surface area contributed by atoms with Gasteiger partial charge >= 0.3 is 0 Å². The summed E-state index contributed by atoms with van der Waals surface area (Å²) in [5.41, 5.74) is 2.73. The third-order valence-electron chi connectivity index (χ3n) is 5.15. The Balaban J connectivity index is 1.77. The molecule has 0 aliphatic heterocycles. The van der Waals surface area contributed by atoms with Crippen molar-refractivity contribution in [2.45, 2.75) is 57.0 Å². The lowest BCUT2D eigenvalue weighted by atomic mass is 10.0. The van der Waals surface area contributed by atoms with Crippen LogP contribution in [0.3, 0.4) is 0 Å². The monoisotopic (exact) mass is 418 g/mol. The van der Waals surface area contributed by atoms with Gasteiger partial charge in [-0.3, -0.25) is 4.79 Å². The maximum absolute atomic E-state index is 13.4. The number of sulfonamides is 1. The van der Waals surface area contributed by atoms with Crippen molar-refractivity contribution in [3.05, 3.63) is 65.0 Å². The fourth-order valence-electron chi connectivity index (χ4n) is 3.66. The van der Waals surface area contributed by atoms with Crippen LogP contribution >= 0.6 is 0 Å². The number of hydrogen-bond donors (Lipinski definition) is 2. The molecule has 3 rings (SSSR count). The SMILES string of the molecule is Cc1ccc(S(=O)(=O)NC(CC(C)C)C(=O)NC2CCc3cc(F)ccc32)cc1. The first kappa shape index (κ1) is 21.5. The van der Waals surface area contributed by atoms with Crippen LogP contribution in [0.15, 0.2) is 47.4 Å². The standard InChI is InChI=1S/C22H27FN2O3S/c1-14(2)12-21(25-29(27,28)18-8-4-15(3)5-9-18)22(26)24-20-11-6-16-13-17(23)7-10-19(16)20/h4-5,7-10,13-14,20-21,25H,6,11-12H2,1-3H3,(H,24,26). The Morgan fingerprint density at radius 1 is 1.17 bits per heavy atom. The summed E-state index contributed by atoms with van der Waals surface area (Å²) in [6, 6.07) is 9.95. The minimum absolute atomic E-state index is 0.122. The Labute approximate surface area is 171 Å². The van der Waals surface area contributed by atoms with Crippen molar-refractivity contribution < 1.29 is 17.6 Å². The number of carbonyl (C=O) groups excluding carboxylic acids is 1.